The fraction of sp³-hybridized carbons (Fsp3) is 0.800. The van der Waals surface area contributed by atoms with Crippen LogP contribution in [0.25, 0.3) is 0 Å². The number of carbonyl (C=O) groups is 1. The average Bonchev–Trinajstić information content (AvgIpc) is 3.34. The normalized spacial score (nSPS) is 22.9. The average molecular weight is 396 g/mol. The van der Waals surface area contributed by atoms with Gasteiger partial charge in [-0.15, -0.1) is 11.3 Å². The maximum atomic E-state index is 12.3. The molecule has 0 spiro atoms. The summed E-state index contributed by atoms with van der Waals surface area (Å²) in [6, 6.07) is 0.651. The zero-order valence-corrected chi connectivity index (χ0v) is 17.9. The van der Waals surface area contributed by atoms with Crippen molar-refractivity contribution in [2.45, 2.75) is 52.6 Å². The van der Waals surface area contributed by atoms with Crippen LogP contribution in [0.3, 0.4) is 0 Å². The standard InChI is InChI=1S/C20H35N5OS.H2/c1-4-16(3)19(26)25-11-9-23(10-12-25)14-17-15-27-20(22-17)21-13-18-7-6-8-24(18)5-2;/h15-16,18H,4-14H2,1-3H3,(H,21,22);1H/t16?,18-;/m0./s1. The fourth-order valence-electron chi connectivity index (χ4n) is 4.05. The molecule has 27 heavy (non-hydrogen) atoms. The number of piperazine rings is 1. The highest BCUT2D eigenvalue weighted by molar-refractivity contribution is 7.13. The third kappa shape index (κ3) is 5.42. The molecule has 0 saturated carbocycles. The molecule has 2 atom stereocenters. The van der Waals surface area contributed by atoms with E-state index in [1.165, 1.54) is 19.4 Å². The van der Waals surface area contributed by atoms with Crippen molar-refractivity contribution < 1.29 is 6.22 Å². The van der Waals surface area contributed by atoms with Crippen molar-refractivity contribution in [3.8, 4) is 0 Å². The molecule has 2 aliphatic rings. The molecular weight excluding hydrogens is 358 g/mol. The first-order valence-electron chi connectivity index (χ1n) is 10.5. The van der Waals surface area contributed by atoms with E-state index in [1.54, 1.807) is 11.3 Å². The predicted octanol–water partition coefficient (Wildman–Crippen LogP) is 2.98. The number of anilines is 1. The van der Waals surface area contributed by atoms with Crippen molar-refractivity contribution in [2.75, 3.05) is 51.1 Å². The molecule has 3 heterocycles. The van der Waals surface area contributed by atoms with Gasteiger partial charge in [-0.25, -0.2) is 4.98 Å². The number of likely N-dealkylation sites (N-methyl/N-ethyl adjacent to an activating group) is 1. The minimum atomic E-state index is 0. The Morgan fingerprint density at radius 2 is 2.11 bits per heavy atom. The third-order valence-electron chi connectivity index (χ3n) is 6.05. The molecule has 2 fully saturated rings. The lowest BCUT2D eigenvalue weighted by molar-refractivity contribution is -0.136. The van der Waals surface area contributed by atoms with Crippen LogP contribution >= 0.6 is 11.3 Å². The van der Waals surface area contributed by atoms with Crippen molar-refractivity contribution in [3.05, 3.63) is 11.1 Å². The fourth-order valence-corrected chi connectivity index (χ4v) is 4.76. The van der Waals surface area contributed by atoms with Gasteiger partial charge in [0, 0.05) is 58.0 Å². The van der Waals surface area contributed by atoms with Gasteiger partial charge in [0.05, 0.1) is 5.69 Å². The maximum Gasteiger partial charge on any atom is 0.225 e. The van der Waals surface area contributed by atoms with E-state index in [4.69, 9.17) is 4.98 Å². The summed E-state index contributed by atoms with van der Waals surface area (Å²) in [7, 11) is 0. The molecule has 0 radical (unpaired) electrons. The van der Waals surface area contributed by atoms with E-state index in [1.807, 2.05) is 11.8 Å². The highest BCUT2D eigenvalue weighted by Gasteiger charge is 2.25. The van der Waals surface area contributed by atoms with Crippen molar-refractivity contribution in [3.63, 3.8) is 0 Å². The Balaban J connectivity index is 0.00000280. The Labute approximate surface area is 169 Å². The van der Waals surface area contributed by atoms with Gasteiger partial charge in [0.2, 0.25) is 5.91 Å². The lowest BCUT2D eigenvalue weighted by Gasteiger charge is -2.35. The summed E-state index contributed by atoms with van der Waals surface area (Å²) in [5.74, 6) is 0.456. The van der Waals surface area contributed by atoms with Gasteiger partial charge in [-0.1, -0.05) is 20.8 Å². The van der Waals surface area contributed by atoms with Crippen LogP contribution in [0.15, 0.2) is 5.38 Å². The molecule has 0 aliphatic carbocycles. The van der Waals surface area contributed by atoms with E-state index in [2.05, 4.69) is 34.3 Å². The summed E-state index contributed by atoms with van der Waals surface area (Å²) < 4.78 is 0. The van der Waals surface area contributed by atoms with Crippen molar-refractivity contribution >= 4 is 22.4 Å². The van der Waals surface area contributed by atoms with Crippen LogP contribution in [-0.2, 0) is 11.3 Å². The Bertz CT molecular complexity index is 605. The molecule has 1 unspecified atom stereocenters. The van der Waals surface area contributed by atoms with Gasteiger partial charge in [-0.05, 0) is 32.4 Å². The molecule has 2 aliphatic heterocycles. The lowest BCUT2D eigenvalue weighted by atomic mass is 10.1. The number of hydrogen-bond acceptors (Lipinski definition) is 6. The molecule has 6 nitrogen and oxygen atoms in total. The molecule has 154 valence electrons. The lowest BCUT2D eigenvalue weighted by Crippen LogP contribution is -2.49. The van der Waals surface area contributed by atoms with E-state index in [9.17, 15) is 4.79 Å². The number of likely N-dealkylation sites (tertiary alicyclic amines) is 1. The summed E-state index contributed by atoms with van der Waals surface area (Å²) in [5, 5.41) is 6.76. The molecule has 2 saturated heterocycles. The number of aromatic nitrogens is 1. The zero-order valence-electron chi connectivity index (χ0n) is 17.1. The summed E-state index contributed by atoms with van der Waals surface area (Å²) in [6.45, 7) is 14.2. The predicted molar refractivity (Wildman–Crippen MR) is 114 cm³/mol. The van der Waals surface area contributed by atoms with Gasteiger partial charge in [0.15, 0.2) is 5.13 Å². The first kappa shape index (κ1) is 20.6. The van der Waals surface area contributed by atoms with Gasteiger partial charge in [-0.2, -0.15) is 0 Å². The molecule has 1 aromatic heterocycles. The zero-order chi connectivity index (χ0) is 19.2. The first-order valence-corrected chi connectivity index (χ1v) is 11.4. The smallest absolute Gasteiger partial charge is 0.225 e. The molecule has 1 aromatic rings. The van der Waals surface area contributed by atoms with Crippen LogP contribution in [0.1, 0.15) is 47.2 Å². The van der Waals surface area contributed by atoms with Crippen LogP contribution in [-0.4, -0.2) is 77.4 Å². The number of nitrogens with zero attached hydrogens (tertiary/aromatic N) is 4. The monoisotopic (exact) mass is 395 g/mol. The minimum Gasteiger partial charge on any atom is -0.360 e. The van der Waals surface area contributed by atoms with Crippen LogP contribution in [0.5, 0.6) is 0 Å². The number of carbonyl (C=O) groups excluding carboxylic acids is 1. The van der Waals surface area contributed by atoms with Crippen molar-refractivity contribution in [2.24, 2.45) is 5.92 Å². The minimum absolute atomic E-state index is 0. The molecule has 7 heteroatoms. The van der Waals surface area contributed by atoms with E-state index >= 15 is 0 Å². The van der Waals surface area contributed by atoms with E-state index in [0.717, 1.165) is 63.1 Å². The SMILES string of the molecule is CCC(C)C(=O)N1CCN(Cc2csc(NC[C@@H]3CCCN3CC)n2)CC1.[HH]. The molecular formula is C20H37N5OS. The Kier molecular flexibility index (Phi) is 7.49. The second-order valence-electron chi connectivity index (χ2n) is 7.86. The summed E-state index contributed by atoms with van der Waals surface area (Å²) in [6.07, 6.45) is 3.53. The quantitative estimate of drug-likeness (QED) is 0.733. The van der Waals surface area contributed by atoms with Crippen molar-refractivity contribution in [1.82, 2.24) is 19.7 Å². The highest BCUT2D eigenvalue weighted by Crippen LogP contribution is 2.21. The topological polar surface area (TPSA) is 51.7 Å². The van der Waals surface area contributed by atoms with Crippen LogP contribution in [0.4, 0.5) is 5.13 Å². The van der Waals surface area contributed by atoms with Crippen LogP contribution in [0.2, 0.25) is 0 Å². The van der Waals surface area contributed by atoms with Crippen LogP contribution in [0, 0.1) is 5.92 Å². The summed E-state index contributed by atoms with van der Waals surface area (Å²) >= 11 is 1.71. The van der Waals surface area contributed by atoms with Gasteiger partial charge >= 0.3 is 0 Å². The largest absolute Gasteiger partial charge is 0.360 e. The first-order chi connectivity index (χ1) is 13.1. The van der Waals surface area contributed by atoms with E-state index in [0.29, 0.717) is 11.9 Å². The summed E-state index contributed by atoms with van der Waals surface area (Å²) in [4.78, 5) is 24.1. The van der Waals surface area contributed by atoms with Gasteiger partial charge < -0.3 is 10.2 Å². The number of thiazole rings is 1. The number of rotatable bonds is 8. The molecule has 1 N–H and O–H groups in total. The molecule has 3 rings (SSSR count). The Morgan fingerprint density at radius 1 is 1.33 bits per heavy atom. The van der Waals surface area contributed by atoms with E-state index in [-0.39, 0.29) is 7.34 Å². The molecule has 0 bridgehead atoms. The Morgan fingerprint density at radius 3 is 2.81 bits per heavy atom. The second-order valence-corrected chi connectivity index (χ2v) is 8.72. The highest BCUT2D eigenvalue weighted by atomic mass is 32.1. The molecule has 0 aromatic carbocycles. The van der Waals surface area contributed by atoms with Crippen LogP contribution < -0.4 is 5.32 Å². The van der Waals surface area contributed by atoms with E-state index < -0.39 is 0 Å². The maximum absolute atomic E-state index is 12.3. The second kappa shape index (κ2) is 9.85. The number of amides is 1. The number of hydrogen-bond donors (Lipinski definition) is 1. The summed E-state index contributed by atoms with van der Waals surface area (Å²) in [5.41, 5.74) is 1.14. The number of nitrogens with one attached hydrogen (secondary N) is 1. The molecule has 1 amide bonds. The van der Waals surface area contributed by atoms with Gasteiger partial charge in [0.1, 0.15) is 0 Å². The van der Waals surface area contributed by atoms with Gasteiger partial charge in [0.25, 0.3) is 0 Å². The third-order valence-corrected chi connectivity index (χ3v) is 6.90. The van der Waals surface area contributed by atoms with Crippen molar-refractivity contribution in [1.29, 1.82) is 0 Å². The van der Waals surface area contributed by atoms with Gasteiger partial charge in [-0.3, -0.25) is 14.6 Å². The Hall–Kier alpha value is -1.18.